The fraction of sp³-hybridized carbons (Fsp3) is 0.745. The normalized spacial score (nSPS) is 22.5. The molecule has 0 aromatic heterocycles. The van der Waals surface area contributed by atoms with Crippen LogP contribution in [0.2, 0.25) is 0 Å². The summed E-state index contributed by atoms with van der Waals surface area (Å²) in [6, 6.07) is 0. The Bertz CT molecular complexity index is 1530. The molecular formula is C47H82O17P2. The molecule has 0 saturated heterocycles. The van der Waals surface area contributed by atoms with Crippen molar-refractivity contribution in [1.29, 1.82) is 0 Å². The van der Waals surface area contributed by atoms with Gasteiger partial charge in [0.25, 0.3) is 0 Å². The fourth-order valence-electron chi connectivity index (χ4n) is 6.88. The van der Waals surface area contributed by atoms with Crippen molar-refractivity contribution in [2.24, 2.45) is 0 Å². The zero-order valence-corrected chi connectivity index (χ0v) is 41.0. The summed E-state index contributed by atoms with van der Waals surface area (Å²) in [4.78, 5) is 54.3. The van der Waals surface area contributed by atoms with E-state index in [-0.39, 0.29) is 18.9 Å². The Morgan fingerprint density at radius 3 is 1.56 bits per heavy atom. The predicted molar refractivity (Wildman–Crippen MR) is 252 cm³/mol. The van der Waals surface area contributed by atoms with Gasteiger partial charge in [-0.25, -0.2) is 9.13 Å². The Morgan fingerprint density at radius 2 is 1.02 bits per heavy atom. The van der Waals surface area contributed by atoms with Crippen molar-refractivity contribution in [3.05, 3.63) is 60.8 Å². The summed E-state index contributed by atoms with van der Waals surface area (Å²) in [5, 5.41) is 50.8. The van der Waals surface area contributed by atoms with Gasteiger partial charge in [0.05, 0.1) is 12.7 Å². The van der Waals surface area contributed by atoms with Gasteiger partial charge in [-0.1, -0.05) is 132 Å². The first-order valence-corrected chi connectivity index (χ1v) is 26.9. The van der Waals surface area contributed by atoms with E-state index in [1.807, 2.05) is 25.2 Å². The van der Waals surface area contributed by atoms with E-state index in [1.165, 1.54) is 38.5 Å². The van der Waals surface area contributed by atoms with Crippen molar-refractivity contribution >= 4 is 27.6 Å². The van der Waals surface area contributed by atoms with Crippen LogP contribution in [0.25, 0.3) is 0 Å². The topological polar surface area (TPSA) is 276 Å². The average molecular weight is 981 g/mol. The van der Waals surface area contributed by atoms with E-state index >= 15 is 0 Å². The molecule has 66 heavy (non-hydrogen) atoms. The van der Waals surface area contributed by atoms with Gasteiger partial charge in [-0.2, -0.15) is 0 Å². The van der Waals surface area contributed by atoms with Gasteiger partial charge in [-0.3, -0.25) is 23.2 Å². The zero-order chi connectivity index (χ0) is 49.1. The Balaban J connectivity index is 2.63. The monoisotopic (exact) mass is 981 g/mol. The van der Waals surface area contributed by atoms with Crippen molar-refractivity contribution < 1.29 is 82.0 Å². The lowest BCUT2D eigenvalue weighted by molar-refractivity contribution is -0.216. The SMILES string of the molecule is CC/C=C\CCCCCCCCCCCCCC(=O)OC[C@H](COP(=O)(O)O[C@H]1C(O)C(O)C(O)[C@@H](OP(=O)(O)O)C1O)OC(=O)CCC/C=C\C/C=C\C/C=C\C/C=C\CC[C@H](O)CC. The molecule has 8 N–H and O–H groups in total. The molecule has 0 aromatic carbocycles. The van der Waals surface area contributed by atoms with E-state index in [4.69, 9.17) is 18.5 Å². The number of hydrogen-bond acceptors (Lipinski definition) is 14. The van der Waals surface area contributed by atoms with Crippen LogP contribution in [0.4, 0.5) is 0 Å². The maximum atomic E-state index is 13.0. The Morgan fingerprint density at radius 1 is 0.545 bits per heavy atom. The van der Waals surface area contributed by atoms with Gasteiger partial charge in [0.1, 0.15) is 43.2 Å². The summed E-state index contributed by atoms with van der Waals surface area (Å²) in [7, 11) is -10.7. The van der Waals surface area contributed by atoms with Crippen LogP contribution in [0.15, 0.2) is 60.8 Å². The minimum absolute atomic E-state index is 0.0467. The number of carbonyl (C=O) groups excluding carboxylic acids is 2. The largest absolute Gasteiger partial charge is 0.472 e. The fourth-order valence-corrected chi connectivity index (χ4v) is 8.42. The van der Waals surface area contributed by atoms with Gasteiger partial charge in [-0.15, -0.1) is 0 Å². The highest BCUT2D eigenvalue weighted by Gasteiger charge is 2.54. The first-order valence-electron chi connectivity index (χ1n) is 23.9. The molecule has 0 spiro atoms. The molecule has 1 aliphatic rings. The standard InChI is InChI=1S/C47H82O17P2/c1-3-5-6-7-8-9-10-11-12-16-19-22-25-28-31-34-40(49)60-36-39(37-61-66(58,59)64-47-44(53)42(51)43(52)46(45(47)54)63-65(55,56)57)62-41(50)35-32-29-26-23-20-17-14-13-15-18-21-24-27-30-33-38(48)4-2/h5-6,14-15,17-18,23-24,26-27,38-39,42-48,51-54H,3-4,7-13,16,19-22,25,28-37H2,1-2H3,(H,58,59)(H2,55,56,57)/b6-5-,17-14-,18-15-,26-23-,27-24-/t38-,39-,42?,43?,44?,45?,46-,47+/m1/s1. The second kappa shape index (κ2) is 37.5. The highest BCUT2D eigenvalue weighted by molar-refractivity contribution is 7.47. The van der Waals surface area contributed by atoms with Gasteiger partial charge in [0, 0.05) is 12.8 Å². The molecule has 0 heterocycles. The molecule has 1 aliphatic carbocycles. The van der Waals surface area contributed by atoms with E-state index < -0.39 is 83.5 Å². The summed E-state index contributed by atoms with van der Waals surface area (Å²) >= 11 is 0. The minimum Gasteiger partial charge on any atom is -0.462 e. The van der Waals surface area contributed by atoms with Crippen LogP contribution in [0.3, 0.4) is 0 Å². The van der Waals surface area contributed by atoms with Crippen LogP contribution < -0.4 is 0 Å². The highest BCUT2D eigenvalue weighted by atomic mass is 31.2. The second-order valence-corrected chi connectivity index (χ2v) is 19.2. The van der Waals surface area contributed by atoms with Crippen LogP contribution in [0, 0.1) is 0 Å². The molecule has 5 unspecified atom stereocenters. The number of carbonyl (C=O) groups is 2. The number of allylic oxidation sites excluding steroid dienone is 10. The Kier molecular flexibility index (Phi) is 35.1. The number of aliphatic hydroxyl groups excluding tert-OH is 5. The number of phosphoric acid groups is 2. The maximum absolute atomic E-state index is 13.0. The number of phosphoric ester groups is 2. The Hall–Kier alpha value is -2.34. The third-order valence-electron chi connectivity index (χ3n) is 10.7. The first-order chi connectivity index (χ1) is 31.5. The summed E-state index contributed by atoms with van der Waals surface area (Å²) in [5.41, 5.74) is 0. The predicted octanol–water partition coefficient (Wildman–Crippen LogP) is 8.03. The van der Waals surface area contributed by atoms with Gasteiger partial charge in [0.2, 0.25) is 0 Å². The molecular weight excluding hydrogens is 898 g/mol. The number of aliphatic hydroxyl groups is 5. The summed E-state index contributed by atoms with van der Waals surface area (Å²) in [6.45, 7) is 2.70. The molecule has 9 atom stereocenters. The summed E-state index contributed by atoms with van der Waals surface area (Å²) in [6.07, 6.45) is 25.6. The molecule has 1 rings (SSSR count). The number of ether oxygens (including phenoxy) is 2. The van der Waals surface area contributed by atoms with E-state index in [0.717, 1.165) is 70.6 Å². The lowest BCUT2D eigenvalue weighted by Gasteiger charge is -2.43. The quantitative estimate of drug-likeness (QED) is 0.0125. The molecule has 0 radical (unpaired) electrons. The van der Waals surface area contributed by atoms with Crippen molar-refractivity contribution in [3.8, 4) is 0 Å². The van der Waals surface area contributed by atoms with Crippen LogP contribution >= 0.6 is 15.6 Å². The summed E-state index contributed by atoms with van der Waals surface area (Å²) < 4.78 is 49.3. The maximum Gasteiger partial charge on any atom is 0.472 e. The van der Waals surface area contributed by atoms with Gasteiger partial charge in [0.15, 0.2) is 6.10 Å². The lowest BCUT2D eigenvalue weighted by Crippen LogP contribution is -2.64. The van der Waals surface area contributed by atoms with E-state index in [0.29, 0.717) is 25.7 Å². The zero-order valence-electron chi connectivity index (χ0n) is 39.2. The molecule has 1 fully saturated rings. The minimum atomic E-state index is -5.38. The molecule has 0 aliphatic heterocycles. The number of unbranched alkanes of at least 4 members (excludes halogenated alkanes) is 12. The van der Waals surface area contributed by atoms with Crippen LogP contribution in [0.5, 0.6) is 0 Å². The lowest BCUT2D eigenvalue weighted by atomic mass is 9.85. The van der Waals surface area contributed by atoms with Gasteiger partial charge in [-0.05, 0) is 77.0 Å². The van der Waals surface area contributed by atoms with Crippen molar-refractivity contribution in [1.82, 2.24) is 0 Å². The molecule has 17 nitrogen and oxygen atoms in total. The highest BCUT2D eigenvalue weighted by Crippen LogP contribution is 2.49. The smallest absolute Gasteiger partial charge is 0.462 e. The molecule has 19 heteroatoms. The van der Waals surface area contributed by atoms with Crippen LogP contribution in [-0.2, 0) is 41.8 Å². The van der Waals surface area contributed by atoms with Crippen molar-refractivity contribution in [2.75, 3.05) is 13.2 Å². The molecule has 0 aromatic rings. The Labute approximate surface area is 392 Å². The molecule has 382 valence electrons. The van der Waals surface area contributed by atoms with Crippen molar-refractivity contribution in [3.63, 3.8) is 0 Å². The van der Waals surface area contributed by atoms with Crippen LogP contribution in [-0.4, -0.2) is 114 Å². The average Bonchev–Trinajstić information content (AvgIpc) is 3.27. The van der Waals surface area contributed by atoms with Gasteiger partial charge < -0.3 is 49.7 Å². The van der Waals surface area contributed by atoms with Crippen molar-refractivity contribution in [2.45, 2.75) is 210 Å². The van der Waals surface area contributed by atoms with E-state index in [9.17, 15) is 58.9 Å². The van der Waals surface area contributed by atoms with E-state index in [1.54, 1.807) is 0 Å². The third-order valence-corrected chi connectivity index (χ3v) is 12.2. The third kappa shape index (κ3) is 31.7. The second-order valence-electron chi connectivity index (χ2n) is 16.6. The van der Waals surface area contributed by atoms with Gasteiger partial charge >= 0.3 is 27.6 Å². The number of rotatable bonds is 39. The summed E-state index contributed by atoms with van der Waals surface area (Å²) in [5.74, 6) is -1.29. The number of hydrogen-bond donors (Lipinski definition) is 8. The molecule has 0 amide bonds. The first kappa shape index (κ1) is 61.7. The van der Waals surface area contributed by atoms with Crippen LogP contribution in [0.1, 0.15) is 162 Å². The number of esters is 2. The molecule has 1 saturated carbocycles. The molecule has 0 bridgehead atoms. The van der Waals surface area contributed by atoms with E-state index in [2.05, 4.69) is 54.0 Å².